The normalized spacial score (nSPS) is 16.4. The molecule has 2 atom stereocenters. The molecular weight excluding hydrogens is 497 g/mol. The summed E-state index contributed by atoms with van der Waals surface area (Å²) in [4.78, 5) is 53.4. The minimum absolute atomic E-state index is 0.168. The number of nitrogens with one attached hydrogen (secondary N) is 1. The van der Waals surface area contributed by atoms with Crippen LogP contribution in [0.5, 0.6) is 0 Å². The number of hydrogen-bond donors (Lipinski definition) is 2. The Morgan fingerprint density at radius 1 is 1.09 bits per heavy atom. The molecule has 0 aromatic heterocycles. The molecule has 2 unspecified atom stereocenters. The number of carbonyl (C=O) groups excluding carboxylic acids is 3. The molecule has 1 saturated heterocycles. The van der Waals surface area contributed by atoms with E-state index < -0.39 is 36.1 Å². The summed E-state index contributed by atoms with van der Waals surface area (Å²) in [5, 5.41) is 12.6. The summed E-state index contributed by atoms with van der Waals surface area (Å²) in [7, 11) is 1.18. The van der Waals surface area contributed by atoms with E-state index in [-0.39, 0.29) is 35.1 Å². The van der Waals surface area contributed by atoms with E-state index in [1.165, 1.54) is 30.2 Å². The zero-order chi connectivity index (χ0) is 25.7. The van der Waals surface area contributed by atoms with E-state index in [2.05, 4.69) is 5.32 Å². The molecule has 0 saturated carbocycles. The van der Waals surface area contributed by atoms with Crippen molar-refractivity contribution in [3.63, 3.8) is 0 Å². The van der Waals surface area contributed by atoms with Crippen LogP contribution in [-0.2, 0) is 14.3 Å². The van der Waals surface area contributed by atoms with Crippen molar-refractivity contribution in [1.82, 2.24) is 15.1 Å². The van der Waals surface area contributed by atoms with Crippen molar-refractivity contribution < 1.29 is 29.0 Å². The Hall–Kier alpha value is -3.30. The van der Waals surface area contributed by atoms with E-state index in [4.69, 9.17) is 27.9 Å². The van der Waals surface area contributed by atoms with E-state index in [1.807, 2.05) is 13.0 Å². The van der Waals surface area contributed by atoms with E-state index in [0.717, 1.165) is 10.5 Å². The molecule has 2 aromatic rings. The van der Waals surface area contributed by atoms with Gasteiger partial charge in [0.1, 0.15) is 0 Å². The number of rotatable bonds is 6. The van der Waals surface area contributed by atoms with Gasteiger partial charge in [-0.05, 0) is 37.1 Å². The highest BCUT2D eigenvalue weighted by Crippen LogP contribution is 2.26. The zero-order valence-corrected chi connectivity index (χ0v) is 20.7. The molecule has 2 N–H and O–H groups in total. The highest BCUT2D eigenvalue weighted by molar-refractivity contribution is 6.42. The number of hydrogen-bond acceptors (Lipinski definition) is 5. The number of ether oxygens (including phenoxy) is 1. The van der Waals surface area contributed by atoms with Gasteiger partial charge in [0.05, 0.1) is 29.6 Å². The fourth-order valence-electron chi connectivity index (χ4n) is 3.98. The number of carboxylic acids is 1. The van der Waals surface area contributed by atoms with Gasteiger partial charge in [-0.3, -0.25) is 19.3 Å². The first-order valence-electron chi connectivity index (χ1n) is 10.8. The standard InChI is InChI=1S/C24H25Cl2N3O6/c1-14-5-3-6-15(11-14)19(13-20(30)31)27-21(32)22-28(9-4-10-29(22)24(34)35-2)23(33)16-7-8-17(25)18(26)12-16/h3,5-8,11-12,19,22H,4,9-10,13H2,1-2H3,(H,27,32)(H,30,31). The van der Waals surface area contributed by atoms with Gasteiger partial charge >= 0.3 is 12.1 Å². The number of carboxylic acid groups (broad SMARTS) is 1. The molecule has 0 radical (unpaired) electrons. The number of halogens is 2. The quantitative estimate of drug-likeness (QED) is 0.595. The third kappa shape index (κ3) is 6.23. The fraction of sp³-hybridized carbons (Fsp3) is 0.333. The smallest absolute Gasteiger partial charge is 0.411 e. The molecule has 35 heavy (non-hydrogen) atoms. The molecule has 0 aliphatic carbocycles. The van der Waals surface area contributed by atoms with Crippen molar-refractivity contribution >= 4 is 47.1 Å². The van der Waals surface area contributed by atoms with Gasteiger partial charge in [0, 0.05) is 18.7 Å². The van der Waals surface area contributed by atoms with Gasteiger partial charge in [-0.1, -0.05) is 53.0 Å². The maximum atomic E-state index is 13.6. The first-order chi connectivity index (χ1) is 16.6. The molecule has 0 spiro atoms. The molecule has 186 valence electrons. The summed E-state index contributed by atoms with van der Waals surface area (Å²) >= 11 is 12.0. The molecule has 11 heteroatoms. The van der Waals surface area contributed by atoms with Crippen LogP contribution in [0.3, 0.4) is 0 Å². The summed E-state index contributed by atoms with van der Waals surface area (Å²) in [5.74, 6) is -2.37. The van der Waals surface area contributed by atoms with Gasteiger partial charge in [-0.2, -0.15) is 0 Å². The Kier molecular flexibility index (Phi) is 8.58. The topological polar surface area (TPSA) is 116 Å². The van der Waals surface area contributed by atoms with Crippen molar-refractivity contribution in [2.24, 2.45) is 0 Å². The third-order valence-electron chi connectivity index (χ3n) is 5.60. The number of aliphatic carboxylic acids is 1. The van der Waals surface area contributed by atoms with Crippen molar-refractivity contribution in [2.75, 3.05) is 20.2 Å². The van der Waals surface area contributed by atoms with E-state index in [0.29, 0.717) is 12.0 Å². The van der Waals surface area contributed by atoms with Crippen LogP contribution in [0.2, 0.25) is 10.0 Å². The Bertz CT molecular complexity index is 1140. The van der Waals surface area contributed by atoms with Crippen molar-refractivity contribution in [2.45, 2.75) is 32.0 Å². The molecule has 9 nitrogen and oxygen atoms in total. The van der Waals surface area contributed by atoms with E-state index >= 15 is 0 Å². The first kappa shape index (κ1) is 26.3. The SMILES string of the molecule is COC(=O)N1CCCN(C(=O)c2ccc(Cl)c(Cl)c2)C1C(=O)NC(CC(=O)O)c1cccc(C)c1. The second kappa shape index (κ2) is 11.4. The fourth-order valence-corrected chi connectivity index (χ4v) is 4.28. The average Bonchev–Trinajstić information content (AvgIpc) is 2.83. The number of carbonyl (C=O) groups is 4. The minimum Gasteiger partial charge on any atom is -0.481 e. The third-order valence-corrected chi connectivity index (χ3v) is 6.34. The summed E-state index contributed by atoms with van der Waals surface area (Å²) in [5.41, 5.74) is 1.66. The number of amides is 3. The lowest BCUT2D eigenvalue weighted by Crippen LogP contribution is -2.63. The van der Waals surface area contributed by atoms with Crippen LogP contribution in [-0.4, -0.2) is 65.1 Å². The van der Waals surface area contributed by atoms with E-state index in [1.54, 1.807) is 18.2 Å². The van der Waals surface area contributed by atoms with Crippen LogP contribution in [0.25, 0.3) is 0 Å². The maximum Gasteiger partial charge on any atom is 0.411 e. The van der Waals surface area contributed by atoms with Crippen LogP contribution >= 0.6 is 23.2 Å². The number of benzene rings is 2. The van der Waals surface area contributed by atoms with Gasteiger partial charge in [0.25, 0.3) is 11.8 Å². The van der Waals surface area contributed by atoms with Crippen molar-refractivity contribution in [3.8, 4) is 0 Å². The molecule has 3 rings (SSSR count). The van der Waals surface area contributed by atoms with E-state index in [9.17, 15) is 24.3 Å². The van der Waals surface area contributed by atoms with Crippen LogP contribution in [0, 0.1) is 6.92 Å². The average molecular weight is 522 g/mol. The Labute approximate surface area is 212 Å². The van der Waals surface area contributed by atoms with Crippen molar-refractivity contribution in [1.29, 1.82) is 0 Å². The summed E-state index contributed by atoms with van der Waals surface area (Å²) < 4.78 is 4.84. The Morgan fingerprint density at radius 2 is 1.80 bits per heavy atom. The molecule has 3 amide bonds. The molecule has 1 aliphatic rings. The Balaban J connectivity index is 1.97. The summed E-state index contributed by atoms with van der Waals surface area (Å²) in [6.45, 7) is 2.20. The highest BCUT2D eigenvalue weighted by atomic mass is 35.5. The second-order valence-electron chi connectivity index (χ2n) is 8.09. The van der Waals surface area contributed by atoms with Crippen LogP contribution in [0.15, 0.2) is 42.5 Å². The largest absolute Gasteiger partial charge is 0.481 e. The number of nitrogens with zero attached hydrogens (tertiary/aromatic N) is 2. The predicted molar refractivity (Wildman–Crippen MR) is 129 cm³/mol. The lowest BCUT2D eigenvalue weighted by atomic mass is 10.0. The van der Waals surface area contributed by atoms with Crippen LogP contribution < -0.4 is 5.32 Å². The van der Waals surface area contributed by atoms with Gasteiger partial charge in [0.2, 0.25) is 0 Å². The lowest BCUT2D eigenvalue weighted by molar-refractivity contribution is -0.138. The molecule has 1 fully saturated rings. The number of aryl methyl sites for hydroxylation is 1. The number of methoxy groups -OCH3 is 1. The van der Waals surface area contributed by atoms with Gasteiger partial charge in [-0.15, -0.1) is 0 Å². The molecular formula is C24H25Cl2N3O6. The predicted octanol–water partition coefficient (Wildman–Crippen LogP) is 3.87. The van der Waals surface area contributed by atoms with Crippen LogP contribution in [0.4, 0.5) is 4.79 Å². The summed E-state index contributed by atoms with van der Waals surface area (Å²) in [6, 6.07) is 10.5. The molecule has 1 aliphatic heterocycles. The first-order valence-corrected chi connectivity index (χ1v) is 11.6. The molecule has 1 heterocycles. The maximum absolute atomic E-state index is 13.6. The Morgan fingerprint density at radius 3 is 2.43 bits per heavy atom. The summed E-state index contributed by atoms with van der Waals surface area (Å²) in [6.07, 6.45) is -2.13. The van der Waals surface area contributed by atoms with Gasteiger partial charge in [0.15, 0.2) is 6.17 Å². The highest BCUT2D eigenvalue weighted by Gasteiger charge is 2.42. The molecule has 0 bridgehead atoms. The minimum atomic E-state index is -1.36. The second-order valence-corrected chi connectivity index (χ2v) is 8.91. The van der Waals surface area contributed by atoms with Crippen molar-refractivity contribution in [3.05, 3.63) is 69.2 Å². The molecule has 2 aromatic carbocycles. The van der Waals surface area contributed by atoms with Gasteiger partial charge in [-0.25, -0.2) is 4.79 Å². The monoisotopic (exact) mass is 521 g/mol. The van der Waals surface area contributed by atoms with Crippen LogP contribution in [0.1, 0.15) is 40.4 Å². The van der Waals surface area contributed by atoms with Gasteiger partial charge < -0.3 is 20.1 Å². The lowest BCUT2D eigenvalue weighted by Gasteiger charge is -2.42. The zero-order valence-electron chi connectivity index (χ0n) is 19.2.